The van der Waals surface area contributed by atoms with Crippen molar-refractivity contribution in [1.82, 2.24) is 10.3 Å². The summed E-state index contributed by atoms with van der Waals surface area (Å²) in [6, 6.07) is 4.30. The molecule has 1 saturated heterocycles. The number of aromatic nitrogens is 1. The topological polar surface area (TPSA) is 28.2 Å². The predicted octanol–water partition coefficient (Wildman–Crippen LogP) is 1.14. The average molecular weight is 198 g/mol. The average Bonchev–Trinajstić information content (AvgIpc) is 2.06. The van der Waals surface area contributed by atoms with Crippen molar-refractivity contribution in [2.45, 2.75) is 6.04 Å². The van der Waals surface area contributed by atoms with Gasteiger partial charge < -0.3 is 10.2 Å². The van der Waals surface area contributed by atoms with Gasteiger partial charge in [-0.05, 0) is 19.2 Å². The molecule has 4 heteroatoms. The van der Waals surface area contributed by atoms with Gasteiger partial charge in [-0.2, -0.15) is 0 Å². The van der Waals surface area contributed by atoms with Crippen molar-refractivity contribution < 1.29 is 0 Å². The van der Waals surface area contributed by atoms with Gasteiger partial charge in [-0.1, -0.05) is 11.6 Å². The molecule has 1 aromatic rings. The lowest BCUT2D eigenvalue weighted by Gasteiger charge is -2.40. The van der Waals surface area contributed by atoms with Gasteiger partial charge in [0.1, 0.15) is 5.82 Å². The molecule has 3 nitrogen and oxygen atoms in total. The van der Waals surface area contributed by atoms with Crippen LogP contribution < -0.4 is 10.2 Å². The van der Waals surface area contributed by atoms with Gasteiger partial charge in [0.2, 0.25) is 0 Å². The number of nitrogens with one attached hydrogen (secondary N) is 1. The highest BCUT2D eigenvalue weighted by Gasteiger charge is 2.27. The van der Waals surface area contributed by atoms with Gasteiger partial charge in [0.25, 0.3) is 0 Å². The third kappa shape index (κ3) is 1.62. The summed E-state index contributed by atoms with van der Waals surface area (Å²) in [5.41, 5.74) is 0. The summed E-state index contributed by atoms with van der Waals surface area (Å²) in [6.45, 7) is 1.99. The van der Waals surface area contributed by atoms with Gasteiger partial charge in [0, 0.05) is 25.3 Å². The molecule has 2 heterocycles. The fourth-order valence-corrected chi connectivity index (χ4v) is 1.69. The highest BCUT2D eigenvalue weighted by Crippen LogP contribution is 2.25. The highest BCUT2D eigenvalue weighted by atomic mass is 35.5. The van der Waals surface area contributed by atoms with Crippen molar-refractivity contribution in [1.29, 1.82) is 0 Å². The number of nitrogens with zero attached hydrogens (tertiary/aromatic N) is 2. The smallest absolute Gasteiger partial charge is 0.147 e. The number of hydrogen-bond acceptors (Lipinski definition) is 3. The van der Waals surface area contributed by atoms with Crippen LogP contribution in [0.1, 0.15) is 0 Å². The minimum atomic E-state index is 0.582. The first kappa shape index (κ1) is 8.78. The first-order valence-corrected chi connectivity index (χ1v) is 4.72. The summed E-state index contributed by atoms with van der Waals surface area (Å²) in [5.74, 6) is 0.899. The zero-order valence-electron chi connectivity index (χ0n) is 7.50. The van der Waals surface area contributed by atoms with Crippen molar-refractivity contribution >= 4 is 17.4 Å². The number of pyridine rings is 1. The molecule has 2 rings (SSSR count). The molecule has 70 valence electrons. The lowest BCUT2D eigenvalue weighted by atomic mass is 10.1. The second kappa shape index (κ2) is 3.52. The minimum Gasteiger partial charge on any atom is -0.352 e. The van der Waals surface area contributed by atoms with Crippen molar-refractivity contribution in [2.24, 2.45) is 0 Å². The third-order valence-corrected chi connectivity index (χ3v) is 2.62. The highest BCUT2D eigenvalue weighted by molar-refractivity contribution is 6.32. The van der Waals surface area contributed by atoms with Gasteiger partial charge in [-0.3, -0.25) is 0 Å². The molecule has 1 N–H and O–H groups in total. The van der Waals surface area contributed by atoms with Crippen LogP contribution in [-0.2, 0) is 0 Å². The van der Waals surface area contributed by atoms with E-state index in [2.05, 4.69) is 15.2 Å². The molecule has 1 aromatic heterocycles. The maximum atomic E-state index is 6.00. The third-order valence-electron chi connectivity index (χ3n) is 2.33. The Labute approximate surface area is 82.7 Å². The first-order chi connectivity index (χ1) is 6.31. The van der Waals surface area contributed by atoms with Crippen LogP contribution in [0.5, 0.6) is 0 Å². The fraction of sp³-hybridized carbons (Fsp3) is 0.444. The number of hydrogen-bond donors (Lipinski definition) is 1. The fourth-order valence-electron chi connectivity index (χ4n) is 1.44. The van der Waals surface area contributed by atoms with Gasteiger partial charge in [0.15, 0.2) is 0 Å². The monoisotopic (exact) mass is 197 g/mol. The van der Waals surface area contributed by atoms with E-state index in [0.717, 1.165) is 23.9 Å². The molecule has 0 radical (unpaired) electrons. The summed E-state index contributed by atoms with van der Waals surface area (Å²) in [4.78, 5) is 6.41. The van der Waals surface area contributed by atoms with Crippen molar-refractivity contribution in [3.05, 3.63) is 23.4 Å². The predicted molar refractivity (Wildman–Crippen MR) is 54.3 cm³/mol. The van der Waals surface area contributed by atoms with E-state index in [9.17, 15) is 0 Å². The van der Waals surface area contributed by atoms with Crippen LogP contribution in [0, 0.1) is 0 Å². The van der Waals surface area contributed by atoms with Crippen LogP contribution in [0.15, 0.2) is 18.3 Å². The van der Waals surface area contributed by atoms with Crippen LogP contribution in [0.3, 0.4) is 0 Å². The van der Waals surface area contributed by atoms with E-state index in [1.54, 1.807) is 6.20 Å². The molecule has 1 aliphatic heterocycles. The van der Waals surface area contributed by atoms with Gasteiger partial charge in [0.05, 0.1) is 5.02 Å². The molecular weight excluding hydrogens is 186 g/mol. The Balaban J connectivity index is 2.07. The van der Waals surface area contributed by atoms with Gasteiger partial charge >= 0.3 is 0 Å². The van der Waals surface area contributed by atoms with Crippen molar-refractivity contribution in [2.75, 3.05) is 25.0 Å². The molecule has 0 atom stereocenters. The molecule has 0 aliphatic carbocycles. The number of halogens is 1. The molecule has 0 amide bonds. The summed E-state index contributed by atoms with van der Waals surface area (Å²) < 4.78 is 0. The second-order valence-electron chi connectivity index (χ2n) is 3.20. The summed E-state index contributed by atoms with van der Waals surface area (Å²) in [5, 5.41) is 3.94. The Kier molecular flexibility index (Phi) is 2.38. The van der Waals surface area contributed by atoms with Crippen molar-refractivity contribution in [3.8, 4) is 0 Å². The molecule has 1 fully saturated rings. The largest absolute Gasteiger partial charge is 0.352 e. The molecular formula is C9H12ClN3. The zero-order chi connectivity index (χ0) is 9.26. The van der Waals surface area contributed by atoms with E-state index in [4.69, 9.17) is 11.6 Å². The number of likely N-dealkylation sites (N-methyl/N-ethyl adjacent to an activating group) is 1. The number of rotatable bonds is 2. The summed E-state index contributed by atoms with van der Waals surface area (Å²) in [7, 11) is 1.97. The Morgan fingerprint density at radius 1 is 1.62 bits per heavy atom. The van der Waals surface area contributed by atoms with E-state index in [1.165, 1.54) is 0 Å². The Hall–Kier alpha value is -0.800. The first-order valence-electron chi connectivity index (χ1n) is 4.34. The maximum absolute atomic E-state index is 6.00. The van der Waals surface area contributed by atoms with E-state index >= 15 is 0 Å². The zero-order valence-corrected chi connectivity index (χ0v) is 8.25. The second-order valence-corrected chi connectivity index (χ2v) is 3.61. The Morgan fingerprint density at radius 3 is 3.00 bits per heavy atom. The SMILES string of the molecule is CNC1CN(c2ncccc2Cl)C1. The Morgan fingerprint density at radius 2 is 2.38 bits per heavy atom. The van der Waals surface area contributed by atoms with Crippen LogP contribution in [0.2, 0.25) is 5.02 Å². The molecule has 1 aliphatic rings. The molecule has 0 bridgehead atoms. The van der Waals surface area contributed by atoms with Crippen LogP contribution in [-0.4, -0.2) is 31.2 Å². The molecule has 0 spiro atoms. The summed E-state index contributed by atoms with van der Waals surface area (Å²) >= 11 is 6.00. The van der Waals surface area contributed by atoms with E-state index in [0.29, 0.717) is 6.04 Å². The Bertz CT molecular complexity index is 297. The molecule has 0 unspecified atom stereocenters. The standard InChI is InChI=1S/C9H12ClN3/c1-11-7-5-13(6-7)9-8(10)3-2-4-12-9/h2-4,7,11H,5-6H2,1H3. The van der Waals surface area contributed by atoms with E-state index in [-0.39, 0.29) is 0 Å². The quantitative estimate of drug-likeness (QED) is 0.771. The van der Waals surface area contributed by atoms with Crippen LogP contribution in [0.25, 0.3) is 0 Å². The van der Waals surface area contributed by atoms with E-state index < -0.39 is 0 Å². The lowest BCUT2D eigenvalue weighted by Crippen LogP contribution is -2.57. The molecule has 13 heavy (non-hydrogen) atoms. The van der Waals surface area contributed by atoms with Crippen LogP contribution >= 0.6 is 11.6 Å². The lowest BCUT2D eigenvalue weighted by molar-refractivity contribution is 0.447. The normalized spacial score (nSPS) is 17.2. The molecule has 0 aromatic carbocycles. The van der Waals surface area contributed by atoms with Crippen LogP contribution in [0.4, 0.5) is 5.82 Å². The molecule has 0 saturated carbocycles. The van der Waals surface area contributed by atoms with Crippen molar-refractivity contribution in [3.63, 3.8) is 0 Å². The minimum absolute atomic E-state index is 0.582. The van der Waals surface area contributed by atoms with Gasteiger partial charge in [-0.25, -0.2) is 4.98 Å². The van der Waals surface area contributed by atoms with E-state index in [1.807, 2.05) is 19.2 Å². The maximum Gasteiger partial charge on any atom is 0.147 e. The number of anilines is 1. The summed E-state index contributed by atoms with van der Waals surface area (Å²) in [6.07, 6.45) is 1.77. The van der Waals surface area contributed by atoms with Gasteiger partial charge in [-0.15, -0.1) is 0 Å².